The molecular weight excluding hydrogens is 440 g/mol. The summed E-state index contributed by atoms with van der Waals surface area (Å²) in [5.74, 6) is -0.0112. The molecule has 2 N–H and O–H groups in total. The van der Waals surface area contributed by atoms with Gasteiger partial charge in [0.25, 0.3) is 11.5 Å². The average molecular weight is 477 g/mol. The van der Waals surface area contributed by atoms with Gasteiger partial charge in [-0.2, -0.15) is 5.10 Å². The van der Waals surface area contributed by atoms with Gasteiger partial charge in [-0.15, -0.1) is 0 Å². The first-order chi connectivity index (χ1) is 16.9. The molecule has 0 radical (unpaired) electrons. The fourth-order valence-electron chi connectivity index (χ4n) is 5.63. The van der Waals surface area contributed by atoms with Gasteiger partial charge in [0.2, 0.25) is 0 Å². The summed E-state index contributed by atoms with van der Waals surface area (Å²) >= 11 is 0. The Morgan fingerprint density at radius 2 is 1.86 bits per heavy atom. The second-order valence-electron chi connectivity index (χ2n) is 10.4. The molecule has 2 aromatic heterocycles. The molecule has 0 unspecified atom stereocenters. The second kappa shape index (κ2) is 9.95. The second-order valence-corrected chi connectivity index (χ2v) is 10.4. The van der Waals surface area contributed by atoms with E-state index in [9.17, 15) is 9.59 Å². The number of hydrogen-bond donors (Lipinski definition) is 2. The molecule has 3 aromatic rings. The van der Waals surface area contributed by atoms with E-state index < -0.39 is 0 Å². The molecule has 1 saturated carbocycles. The van der Waals surface area contributed by atoms with Crippen LogP contribution in [0.1, 0.15) is 58.4 Å². The van der Waals surface area contributed by atoms with E-state index in [1.807, 2.05) is 30.9 Å². The summed E-state index contributed by atoms with van der Waals surface area (Å²) in [4.78, 5) is 36.7. The minimum atomic E-state index is -0.101. The van der Waals surface area contributed by atoms with Crippen molar-refractivity contribution in [3.63, 3.8) is 0 Å². The van der Waals surface area contributed by atoms with Crippen LogP contribution in [0.4, 0.5) is 0 Å². The molecule has 186 valence electrons. The van der Waals surface area contributed by atoms with Crippen LogP contribution in [-0.2, 0) is 13.1 Å². The number of nitrogens with one attached hydrogen (secondary N) is 2. The summed E-state index contributed by atoms with van der Waals surface area (Å²) < 4.78 is 0. The molecule has 2 fully saturated rings. The highest BCUT2D eigenvalue weighted by molar-refractivity contribution is 6.06. The molecule has 8 heteroatoms. The van der Waals surface area contributed by atoms with Crippen LogP contribution < -0.4 is 5.56 Å². The fraction of sp³-hybridized carbons (Fsp3) is 0.519. The zero-order chi connectivity index (χ0) is 24.5. The van der Waals surface area contributed by atoms with Crippen LogP contribution >= 0.6 is 0 Å². The van der Waals surface area contributed by atoms with Crippen LogP contribution in [0.5, 0.6) is 0 Å². The highest BCUT2D eigenvalue weighted by Crippen LogP contribution is 2.29. The molecule has 0 spiro atoms. The lowest BCUT2D eigenvalue weighted by atomic mass is 10.0. The lowest BCUT2D eigenvalue weighted by Gasteiger charge is -2.32. The van der Waals surface area contributed by atoms with E-state index in [0.717, 1.165) is 86.1 Å². The third kappa shape index (κ3) is 5.04. The van der Waals surface area contributed by atoms with Gasteiger partial charge in [0.15, 0.2) is 0 Å². The highest BCUT2D eigenvalue weighted by atomic mass is 16.2. The molecule has 1 saturated heterocycles. The van der Waals surface area contributed by atoms with Crippen LogP contribution in [0.3, 0.4) is 0 Å². The highest BCUT2D eigenvalue weighted by Gasteiger charge is 2.30. The molecule has 1 amide bonds. The number of fused-ring (bicyclic) bond motifs is 1. The standard InChI is InChI=1S/C27H36N6O2/c1-18-12-19(2)29-26(34)24(18)17-33(21-6-4-5-7-21)27(35)22-13-20(14-25-23(22)15-28-30-25)16-32-10-8-31(3)9-11-32/h12-15,21H,4-11,16-17H2,1-3H3,(H,28,30)(H,29,34). The maximum absolute atomic E-state index is 14.2. The van der Waals surface area contributed by atoms with Gasteiger partial charge in [0, 0.05) is 55.4 Å². The number of nitrogens with zero attached hydrogens (tertiary/aromatic N) is 4. The van der Waals surface area contributed by atoms with Crippen molar-refractivity contribution in [1.82, 2.24) is 29.9 Å². The van der Waals surface area contributed by atoms with E-state index in [4.69, 9.17) is 0 Å². The summed E-state index contributed by atoms with van der Waals surface area (Å²) in [5, 5.41) is 8.17. The summed E-state index contributed by atoms with van der Waals surface area (Å²) in [5.41, 5.74) is 5.02. The van der Waals surface area contributed by atoms with E-state index in [0.29, 0.717) is 17.7 Å². The Labute approximate surface area is 206 Å². The zero-order valence-electron chi connectivity index (χ0n) is 21.1. The monoisotopic (exact) mass is 476 g/mol. The lowest BCUT2D eigenvalue weighted by Crippen LogP contribution is -2.44. The Kier molecular flexibility index (Phi) is 6.75. The third-order valence-electron chi connectivity index (χ3n) is 7.70. The largest absolute Gasteiger partial charge is 0.331 e. The minimum absolute atomic E-state index is 0.0112. The Morgan fingerprint density at radius 1 is 1.11 bits per heavy atom. The summed E-state index contributed by atoms with van der Waals surface area (Å²) in [6.07, 6.45) is 5.93. The SMILES string of the molecule is Cc1cc(C)c(CN(C(=O)c2cc(CN3CCN(C)CC3)cc3[nH]ncc23)C2CCCC2)c(=O)[nH]1. The average Bonchev–Trinajstić information content (AvgIpc) is 3.51. The first-order valence-electron chi connectivity index (χ1n) is 12.8. The maximum atomic E-state index is 14.2. The first kappa shape index (κ1) is 23.8. The van der Waals surface area contributed by atoms with Crippen molar-refractivity contribution in [3.8, 4) is 0 Å². The molecule has 3 heterocycles. The van der Waals surface area contributed by atoms with Crippen LogP contribution in [0.2, 0.25) is 0 Å². The molecule has 5 rings (SSSR count). The van der Waals surface area contributed by atoms with Gasteiger partial charge in [0.05, 0.1) is 23.8 Å². The molecule has 2 aliphatic rings. The number of aryl methyl sites for hydroxylation is 2. The molecular formula is C27H36N6O2. The van der Waals surface area contributed by atoms with Gasteiger partial charge in [-0.3, -0.25) is 19.6 Å². The molecule has 35 heavy (non-hydrogen) atoms. The molecule has 8 nitrogen and oxygen atoms in total. The fourth-order valence-corrected chi connectivity index (χ4v) is 5.63. The summed E-state index contributed by atoms with van der Waals surface area (Å²) in [6, 6.07) is 6.29. The van der Waals surface area contributed by atoms with Crippen molar-refractivity contribution >= 4 is 16.8 Å². The van der Waals surface area contributed by atoms with Crippen LogP contribution in [0.25, 0.3) is 10.9 Å². The lowest BCUT2D eigenvalue weighted by molar-refractivity contribution is 0.0665. The van der Waals surface area contributed by atoms with Crippen molar-refractivity contribution < 1.29 is 4.79 Å². The zero-order valence-corrected chi connectivity index (χ0v) is 21.1. The number of pyridine rings is 1. The smallest absolute Gasteiger partial charge is 0.255 e. The van der Waals surface area contributed by atoms with Gasteiger partial charge in [-0.1, -0.05) is 12.8 Å². The summed E-state index contributed by atoms with van der Waals surface area (Å²) in [6.45, 7) is 9.13. The Balaban J connectivity index is 1.49. The maximum Gasteiger partial charge on any atom is 0.255 e. The normalized spacial score (nSPS) is 17.9. The quantitative estimate of drug-likeness (QED) is 0.570. The number of benzene rings is 1. The van der Waals surface area contributed by atoms with Crippen LogP contribution in [-0.4, -0.2) is 75.1 Å². The number of H-pyrrole nitrogens is 2. The number of carbonyl (C=O) groups excluding carboxylic acids is 1. The number of likely N-dealkylation sites (N-methyl/N-ethyl adjacent to an activating group) is 1. The van der Waals surface area contributed by atoms with E-state index in [2.05, 4.69) is 38.1 Å². The van der Waals surface area contributed by atoms with E-state index >= 15 is 0 Å². The van der Waals surface area contributed by atoms with Crippen molar-refractivity contribution in [2.24, 2.45) is 0 Å². The third-order valence-corrected chi connectivity index (χ3v) is 7.70. The van der Waals surface area contributed by atoms with E-state index in [1.165, 1.54) is 0 Å². The number of rotatable bonds is 6. The Morgan fingerprint density at radius 3 is 2.57 bits per heavy atom. The number of aromatic nitrogens is 3. The molecule has 1 aliphatic carbocycles. The van der Waals surface area contributed by atoms with Gasteiger partial charge in [-0.25, -0.2) is 0 Å². The topological polar surface area (TPSA) is 88.3 Å². The molecule has 0 atom stereocenters. The molecule has 0 bridgehead atoms. The predicted octanol–water partition coefficient (Wildman–Crippen LogP) is 3.20. The Bertz CT molecular complexity index is 1260. The summed E-state index contributed by atoms with van der Waals surface area (Å²) in [7, 11) is 2.16. The van der Waals surface area contributed by atoms with Crippen molar-refractivity contribution in [2.45, 2.75) is 58.7 Å². The number of amides is 1. The van der Waals surface area contributed by atoms with Crippen LogP contribution in [0.15, 0.2) is 29.2 Å². The molecule has 1 aromatic carbocycles. The van der Waals surface area contributed by atoms with E-state index in [1.54, 1.807) is 6.20 Å². The number of piperazine rings is 1. The van der Waals surface area contributed by atoms with Crippen molar-refractivity contribution in [1.29, 1.82) is 0 Å². The Hall–Kier alpha value is -2.97. The van der Waals surface area contributed by atoms with E-state index in [-0.39, 0.29) is 17.5 Å². The van der Waals surface area contributed by atoms with Crippen LogP contribution in [0, 0.1) is 13.8 Å². The first-order valence-corrected chi connectivity index (χ1v) is 12.8. The van der Waals surface area contributed by atoms with Gasteiger partial charge in [-0.05, 0) is 63.1 Å². The van der Waals surface area contributed by atoms with Gasteiger partial charge in [0.1, 0.15) is 0 Å². The van der Waals surface area contributed by atoms with Gasteiger partial charge < -0.3 is 14.8 Å². The van der Waals surface area contributed by atoms with Gasteiger partial charge >= 0.3 is 0 Å². The minimum Gasteiger partial charge on any atom is -0.331 e. The van der Waals surface area contributed by atoms with Crippen molar-refractivity contribution in [2.75, 3.05) is 33.2 Å². The predicted molar refractivity (Wildman–Crippen MR) is 138 cm³/mol. The van der Waals surface area contributed by atoms with Crippen molar-refractivity contribution in [3.05, 3.63) is 62.7 Å². The molecule has 1 aliphatic heterocycles. The number of carbonyl (C=O) groups is 1. The number of aromatic amines is 2. The number of hydrogen-bond acceptors (Lipinski definition) is 5.